The first-order valence-corrected chi connectivity index (χ1v) is 9.80. The SMILES string of the molecule is O=S(=O)(O)CS(=O)(=O)OC1CCC2CCCCC2C1. The van der Waals surface area contributed by atoms with E-state index in [1.165, 1.54) is 19.3 Å². The summed E-state index contributed by atoms with van der Waals surface area (Å²) in [6.07, 6.45) is 6.54. The molecule has 3 atom stereocenters. The molecular formula is C11H20O6S2. The van der Waals surface area contributed by atoms with Crippen LogP contribution in [0.2, 0.25) is 0 Å². The summed E-state index contributed by atoms with van der Waals surface area (Å²) in [6, 6.07) is 0. The lowest BCUT2D eigenvalue weighted by molar-refractivity contribution is 0.0692. The maximum absolute atomic E-state index is 11.5. The van der Waals surface area contributed by atoms with E-state index in [-0.39, 0.29) is 0 Å². The van der Waals surface area contributed by atoms with E-state index in [4.69, 9.17) is 8.74 Å². The molecule has 0 bridgehead atoms. The molecule has 2 fully saturated rings. The Bertz CT molecular complexity index is 509. The molecule has 0 heterocycles. The van der Waals surface area contributed by atoms with Gasteiger partial charge in [-0.15, -0.1) is 0 Å². The molecule has 0 radical (unpaired) electrons. The van der Waals surface area contributed by atoms with Gasteiger partial charge in [0.15, 0.2) is 0 Å². The summed E-state index contributed by atoms with van der Waals surface area (Å²) in [7, 11) is -8.78. The number of hydrogen-bond donors (Lipinski definition) is 1. The fraction of sp³-hybridized carbons (Fsp3) is 1.00. The first kappa shape index (κ1) is 15.2. The smallest absolute Gasteiger partial charge is 0.284 e. The second kappa shape index (κ2) is 5.67. The first-order chi connectivity index (χ1) is 8.75. The van der Waals surface area contributed by atoms with Crippen LogP contribution in [0.5, 0.6) is 0 Å². The van der Waals surface area contributed by atoms with E-state index in [2.05, 4.69) is 0 Å². The van der Waals surface area contributed by atoms with Crippen LogP contribution in [0.1, 0.15) is 44.9 Å². The Morgan fingerprint density at radius 3 is 2.21 bits per heavy atom. The monoisotopic (exact) mass is 312 g/mol. The molecule has 0 aliphatic heterocycles. The summed E-state index contributed by atoms with van der Waals surface area (Å²) in [6.45, 7) is 0. The highest BCUT2D eigenvalue weighted by Gasteiger charge is 2.35. The third kappa shape index (κ3) is 4.70. The van der Waals surface area contributed by atoms with E-state index in [0.717, 1.165) is 12.8 Å². The van der Waals surface area contributed by atoms with Gasteiger partial charge in [0.2, 0.25) is 5.08 Å². The normalized spacial score (nSPS) is 32.8. The molecule has 1 N–H and O–H groups in total. The molecule has 19 heavy (non-hydrogen) atoms. The van der Waals surface area contributed by atoms with Crippen molar-refractivity contribution in [3.8, 4) is 0 Å². The van der Waals surface area contributed by atoms with Gasteiger partial charge in [-0.1, -0.05) is 25.7 Å². The Kier molecular flexibility index (Phi) is 4.54. The van der Waals surface area contributed by atoms with E-state index < -0.39 is 31.4 Å². The van der Waals surface area contributed by atoms with Crippen molar-refractivity contribution >= 4 is 20.2 Å². The van der Waals surface area contributed by atoms with Crippen molar-refractivity contribution in [2.45, 2.75) is 51.0 Å². The van der Waals surface area contributed by atoms with Crippen molar-refractivity contribution in [2.75, 3.05) is 5.08 Å². The van der Waals surface area contributed by atoms with Gasteiger partial charge in [0.05, 0.1) is 6.10 Å². The molecule has 0 saturated heterocycles. The van der Waals surface area contributed by atoms with Crippen molar-refractivity contribution in [2.24, 2.45) is 11.8 Å². The van der Waals surface area contributed by atoms with E-state index in [1.54, 1.807) is 0 Å². The van der Waals surface area contributed by atoms with Crippen LogP contribution in [0.25, 0.3) is 0 Å². The lowest BCUT2D eigenvalue weighted by Crippen LogP contribution is -2.34. The molecule has 3 unspecified atom stereocenters. The third-order valence-corrected chi connectivity index (χ3v) is 6.98. The minimum Gasteiger partial charge on any atom is -0.285 e. The van der Waals surface area contributed by atoms with Gasteiger partial charge in [-0.2, -0.15) is 16.8 Å². The molecule has 2 rings (SSSR count). The van der Waals surface area contributed by atoms with Crippen molar-refractivity contribution in [1.29, 1.82) is 0 Å². The molecular weight excluding hydrogens is 292 g/mol. The molecule has 112 valence electrons. The summed E-state index contributed by atoms with van der Waals surface area (Å²) in [5, 5.41) is -1.36. The Balaban J connectivity index is 1.93. The van der Waals surface area contributed by atoms with Gasteiger partial charge in [0.25, 0.3) is 20.2 Å². The van der Waals surface area contributed by atoms with Crippen molar-refractivity contribution in [3.63, 3.8) is 0 Å². The van der Waals surface area contributed by atoms with Gasteiger partial charge in [-0.05, 0) is 31.1 Å². The van der Waals surface area contributed by atoms with E-state index >= 15 is 0 Å². The first-order valence-electron chi connectivity index (χ1n) is 6.61. The van der Waals surface area contributed by atoms with E-state index in [1.807, 2.05) is 0 Å². The van der Waals surface area contributed by atoms with Crippen LogP contribution < -0.4 is 0 Å². The van der Waals surface area contributed by atoms with Crippen LogP contribution in [0, 0.1) is 11.8 Å². The number of fused-ring (bicyclic) bond motifs is 1. The predicted octanol–water partition coefficient (Wildman–Crippen LogP) is 1.54. The average molecular weight is 312 g/mol. The highest BCUT2D eigenvalue weighted by atomic mass is 32.3. The van der Waals surface area contributed by atoms with Crippen LogP contribution in [0.15, 0.2) is 0 Å². The van der Waals surface area contributed by atoms with Crippen molar-refractivity contribution in [1.82, 2.24) is 0 Å². The molecule has 6 nitrogen and oxygen atoms in total. The van der Waals surface area contributed by atoms with E-state index in [9.17, 15) is 16.8 Å². The molecule has 2 aliphatic rings. The van der Waals surface area contributed by atoms with Gasteiger partial charge in [-0.3, -0.25) is 8.74 Å². The minimum absolute atomic E-state index is 0.439. The number of rotatable bonds is 4. The molecule has 2 saturated carbocycles. The van der Waals surface area contributed by atoms with Gasteiger partial charge < -0.3 is 0 Å². The standard InChI is InChI=1S/C11H20O6S2/c12-18(13,14)8-19(15,16)17-11-6-5-9-3-1-2-4-10(9)7-11/h9-11H,1-8H2,(H,12,13,14). The van der Waals surface area contributed by atoms with Gasteiger partial charge in [-0.25, -0.2) is 0 Å². The summed E-state index contributed by atoms with van der Waals surface area (Å²) >= 11 is 0. The highest BCUT2D eigenvalue weighted by Crippen LogP contribution is 2.41. The van der Waals surface area contributed by atoms with Gasteiger partial charge in [0.1, 0.15) is 0 Å². The van der Waals surface area contributed by atoms with Gasteiger partial charge >= 0.3 is 0 Å². The van der Waals surface area contributed by atoms with Crippen LogP contribution in [0.4, 0.5) is 0 Å². The largest absolute Gasteiger partial charge is 0.285 e. The molecule has 0 spiro atoms. The zero-order valence-corrected chi connectivity index (χ0v) is 12.3. The second-order valence-corrected chi connectivity index (χ2v) is 9.01. The fourth-order valence-electron chi connectivity index (χ4n) is 3.34. The molecule has 0 aromatic rings. The minimum atomic E-state index is -4.57. The van der Waals surface area contributed by atoms with Crippen LogP contribution in [0.3, 0.4) is 0 Å². The topological polar surface area (TPSA) is 97.7 Å². The van der Waals surface area contributed by atoms with Crippen molar-refractivity contribution < 1.29 is 25.6 Å². The van der Waals surface area contributed by atoms with Gasteiger partial charge in [0, 0.05) is 0 Å². The quantitative estimate of drug-likeness (QED) is 0.624. The fourth-order valence-corrected chi connectivity index (χ4v) is 5.61. The third-order valence-electron chi connectivity index (χ3n) is 4.07. The van der Waals surface area contributed by atoms with E-state index in [0.29, 0.717) is 24.7 Å². The maximum atomic E-state index is 11.5. The summed E-state index contributed by atoms with van der Waals surface area (Å²) in [5.41, 5.74) is 0. The average Bonchev–Trinajstić information content (AvgIpc) is 2.24. The molecule has 0 amide bonds. The Labute approximate surface area is 114 Å². The molecule has 0 aromatic carbocycles. The Morgan fingerprint density at radius 1 is 0.947 bits per heavy atom. The lowest BCUT2D eigenvalue weighted by Gasteiger charge is -2.38. The second-order valence-electron chi connectivity index (χ2n) is 5.59. The summed E-state index contributed by atoms with van der Waals surface area (Å²) in [4.78, 5) is 0. The predicted molar refractivity (Wildman–Crippen MR) is 69.5 cm³/mol. The molecule has 2 aliphatic carbocycles. The zero-order chi connectivity index (χ0) is 14.1. The number of hydrogen-bond acceptors (Lipinski definition) is 5. The molecule has 8 heteroatoms. The van der Waals surface area contributed by atoms with Crippen molar-refractivity contribution in [3.05, 3.63) is 0 Å². The van der Waals surface area contributed by atoms with Crippen LogP contribution in [-0.4, -0.2) is 32.6 Å². The molecule has 0 aromatic heterocycles. The van der Waals surface area contributed by atoms with Crippen LogP contribution >= 0.6 is 0 Å². The summed E-state index contributed by atoms with van der Waals surface area (Å²) in [5.74, 6) is 1.16. The summed E-state index contributed by atoms with van der Waals surface area (Å²) < 4.78 is 57.8. The lowest BCUT2D eigenvalue weighted by atomic mass is 9.70. The van der Waals surface area contributed by atoms with Crippen LogP contribution in [-0.2, 0) is 24.4 Å². The maximum Gasteiger partial charge on any atom is 0.284 e. The highest BCUT2D eigenvalue weighted by molar-refractivity contribution is 8.03. The Morgan fingerprint density at radius 2 is 1.58 bits per heavy atom. The zero-order valence-electron chi connectivity index (χ0n) is 10.7. The Hall–Kier alpha value is -0.180.